The molecule has 1 atom stereocenters. The molecule has 0 aromatic carbocycles. The summed E-state index contributed by atoms with van der Waals surface area (Å²) in [5.41, 5.74) is 4.53. The number of hydrogen-bond donors (Lipinski definition) is 3. The first kappa shape index (κ1) is 25.2. The summed E-state index contributed by atoms with van der Waals surface area (Å²) >= 11 is 0. The van der Waals surface area contributed by atoms with Crippen LogP contribution in [0.5, 0.6) is 0 Å². The topological polar surface area (TPSA) is 95.6 Å². The fourth-order valence-electron chi connectivity index (χ4n) is 3.21. The first-order chi connectivity index (χ1) is 13.3. The lowest BCUT2D eigenvalue weighted by Crippen LogP contribution is -2.47. The van der Waals surface area contributed by atoms with Crippen molar-refractivity contribution in [2.24, 2.45) is 16.6 Å². The number of rotatable bonds is 7. The Morgan fingerprint density at radius 1 is 1.38 bits per heavy atom. The molecule has 0 saturated carbocycles. The van der Waals surface area contributed by atoms with E-state index in [9.17, 15) is 18.0 Å². The Morgan fingerprint density at radius 3 is 2.72 bits per heavy atom. The second-order valence-electron chi connectivity index (χ2n) is 6.81. The predicted molar refractivity (Wildman–Crippen MR) is 117 cm³/mol. The van der Waals surface area contributed by atoms with E-state index in [-0.39, 0.29) is 35.8 Å². The Balaban J connectivity index is 0.00000420. The zero-order chi connectivity index (χ0) is 20.6. The molecule has 0 radical (unpaired) electrons. The monoisotopic (exact) mass is 528 g/mol. The largest absolute Gasteiger partial charge is 0.417 e. The second-order valence-corrected chi connectivity index (χ2v) is 6.81. The molecule has 1 fully saturated rings. The molecule has 0 bridgehead atoms. The molecular weight excluding hydrogens is 500 g/mol. The number of carbonyl (C=O) groups is 1. The van der Waals surface area contributed by atoms with Crippen LogP contribution in [0.1, 0.15) is 31.2 Å². The first-order valence-electron chi connectivity index (χ1n) is 9.30. The maximum Gasteiger partial charge on any atom is 0.417 e. The van der Waals surface area contributed by atoms with Gasteiger partial charge in [-0.2, -0.15) is 13.2 Å². The van der Waals surface area contributed by atoms with Gasteiger partial charge in [0.1, 0.15) is 5.82 Å². The van der Waals surface area contributed by atoms with Crippen LogP contribution in [0.2, 0.25) is 0 Å². The molecule has 1 amide bonds. The number of primary amides is 1. The number of alkyl halides is 3. The molecular formula is C18H28F3IN6O. The highest BCUT2D eigenvalue weighted by molar-refractivity contribution is 14.0. The van der Waals surface area contributed by atoms with Gasteiger partial charge in [-0.05, 0) is 37.3 Å². The number of aromatic nitrogens is 1. The Kier molecular flexibility index (Phi) is 10.5. The Morgan fingerprint density at radius 2 is 2.14 bits per heavy atom. The van der Waals surface area contributed by atoms with Crippen molar-refractivity contribution in [3.05, 3.63) is 23.9 Å². The number of anilines is 1. The van der Waals surface area contributed by atoms with Gasteiger partial charge in [-0.15, -0.1) is 24.0 Å². The van der Waals surface area contributed by atoms with Gasteiger partial charge in [-0.3, -0.25) is 9.79 Å². The van der Waals surface area contributed by atoms with Gasteiger partial charge < -0.3 is 21.3 Å². The summed E-state index contributed by atoms with van der Waals surface area (Å²) in [4.78, 5) is 21.3. The molecule has 1 aliphatic rings. The minimum absolute atomic E-state index is 0. The third kappa shape index (κ3) is 8.62. The van der Waals surface area contributed by atoms with E-state index in [0.717, 1.165) is 50.6 Å². The van der Waals surface area contributed by atoms with Gasteiger partial charge in [0.25, 0.3) is 0 Å². The molecule has 1 aromatic heterocycles. The normalized spacial score (nSPS) is 17.4. The van der Waals surface area contributed by atoms with E-state index in [1.165, 1.54) is 6.07 Å². The molecule has 7 nitrogen and oxygen atoms in total. The molecule has 1 aromatic rings. The quantitative estimate of drug-likeness (QED) is 0.219. The molecule has 1 unspecified atom stereocenters. The molecule has 0 spiro atoms. The lowest BCUT2D eigenvalue weighted by Gasteiger charge is -2.34. The molecule has 11 heteroatoms. The zero-order valence-electron chi connectivity index (χ0n) is 16.3. The van der Waals surface area contributed by atoms with E-state index in [1.54, 1.807) is 7.05 Å². The average Bonchev–Trinajstić information content (AvgIpc) is 2.64. The van der Waals surface area contributed by atoms with E-state index in [2.05, 4.69) is 25.5 Å². The van der Waals surface area contributed by atoms with Crippen molar-refractivity contribution in [3.63, 3.8) is 0 Å². The SMILES string of the molecule is CN=C(NCCCNc1ccc(C(F)(F)F)cn1)N1CCCC(CC(N)=O)C1.I. The lowest BCUT2D eigenvalue weighted by atomic mass is 9.95. The van der Waals surface area contributed by atoms with Crippen molar-refractivity contribution < 1.29 is 18.0 Å². The minimum atomic E-state index is -4.38. The fraction of sp³-hybridized carbons (Fsp3) is 0.611. The number of nitrogens with zero attached hydrogens (tertiary/aromatic N) is 3. The Labute approximate surface area is 185 Å². The summed E-state index contributed by atoms with van der Waals surface area (Å²) in [7, 11) is 1.71. The molecule has 29 heavy (non-hydrogen) atoms. The van der Waals surface area contributed by atoms with Gasteiger partial charge in [0.15, 0.2) is 5.96 Å². The molecule has 2 heterocycles. The van der Waals surface area contributed by atoms with Gasteiger partial charge in [0, 0.05) is 45.8 Å². The number of nitrogens with one attached hydrogen (secondary N) is 2. The Hall–Kier alpha value is -1.79. The summed E-state index contributed by atoms with van der Waals surface area (Å²) < 4.78 is 37.5. The average molecular weight is 528 g/mol. The number of halogens is 4. The van der Waals surface area contributed by atoms with Crippen LogP contribution < -0.4 is 16.4 Å². The molecule has 4 N–H and O–H groups in total. The van der Waals surface area contributed by atoms with Crippen LogP contribution in [0, 0.1) is 5.92 Å². The number of nitrogens with two attached hydrogens (primary N) is 1. The molecule has 0 aliphatic carbocycles. The smallest absolute Gasteiger partial charge is 0.370 e. The van der Waals surface area contributed by atoms with Crippen LogP contribution in [-0.4, -0.2) is 55.0 Å². The number of guanidine groups is 1. The van der Waals surface area contributed by atoms with Crippen molar-refractivity contribution in [2.45, 2.75) is 31.9 Å². The summed E-state index contributed by atoms with van der Waals surface area (Å²) in [5.74, 6) is 1.15. The van der Waals surface area contributed by atoms with Gasteiger partial charge in [0.05, 0.1) is 5.56 Å². The maximum atomic E-state index is 12.5. The molecule has 164 valence electrons. The van der Waals surface area contributed by atoms with Crippen LogP contribution in [-0.2, 0) is 11.0 Å². The van der Waals surface area contributed by atoms with Gasteiger partial charge >= 0.3 is 6.18 Å². The summed E-state index contributed by atoms with van der Waals surface area (Å²) in [6.07, 6.45) is -0.463. The summed E-state index contributed by atoms with van der Waals surface area (Å²) in [6, 6.07) is 2.33. The van der Waals surface area contributed by atoms with E-state index < -0.39 is 11.7 Å². The Bertz CT molecular complexity index is 669. The van der Waals surface area contributed by atoms with E-state index in [1.807, 2.05) is 0 Å². The summed E-state index contributed by atoms with van der Waals surface area (Å²) in [6.45, 7) is 2.84. The third-order valence-corrected chi connectivity index (χ3v) is 4.55. The highest BCUT2D eigenvalue weighted by Crippen LogP contribution is 2.28. The van der Waals surface area contributed by atoms with Gasteiger partial charge in [-0.25, -0.2) is 4.98 Å². The highest BCUT2D eigenvalue weighted by Gasteiger charge is 2.30. The standard InChI is InChI=1S/C18H27F3N6O.HI/c1-23-17(27-9-2-4-13(12-27)10-15(22)28)25-8-3-7-24-16-6-5-14(11-26-16)18(19,20)21;/h5-6,11,13H,2-4,7-10,12H2,1H3,(H2,22,28)(H,23,25)(H,24,26);1H. The number of pyridine rings is 1. The van der Waals surface area contributed by atoms with Crippen LogP contribution >= 0.6 is 24.0 Å². The molecule has 1 aliphatic heterocycles. The van der Waals surface area contributed by atoms with Crippen LogP contribution in [0.25, 0.3) is 0 Å². The number of hydrogen-bond acceptors (Lipinski definition) is 4. The van der Waals surface area contributed by atoms with Crippen molar-refractivity contribution >= 4 is 41.7 Å². The van der Waals surface area contributed by atoms with Crippen LogP contribution in [0.3, 0.4) is 0 Å². The van der Waals surface area contributed by atoms with Crippen molar-refractivity contribution in [1.29, 1.82) is 0 Å². The van der Waals surface area contributed by atoms with E-state index >= 15 is 0 Å². The number of likely N-dealkylation sites (tertiary alicyclic amines) is 1. The van der Waals surface area contributed by atoms with Gasteiger partial charge in [0.2, 0.25) is 5.91 Å². The first-order valence-corrected chi connectivity index (χ1v) is 9.30. The van der Waals surface area contributed by atoms with Crippen molar-refractivity contribution in [1.82, 2.24) is 15.2 Å². The lowest BCUT2D eigenvalue weighted by molar-refractivity contribution is -0.137. The third-order valence-electron chi connectivity index (χ3n) is 4.55. The molecule has 2 rings (SSSR count). The van der Waals surface area contributed by atoms with Gasteiger partial charge in [-0.1, -0.05) is 0 Å². The zero-order valence-corrected chi connectivity index (χ0v) is 18.7. The minimum Gasteiger partial charge on any atom is -0.370 e. The predicted octanol–water partition coefficient (Wildman–Crippen LogP) is 2.68. The number of amides is 1. The number of piperidine rings is 1. The van der Waals surface area contributed by atoms with Crippen LogP contribution in [0.15, 0.2) is 23.3 Å². The van der Waals surface area contributed by atoms with E-state index in [4.69, 9.17) is 5.73 Å². The fourth-order valence-corrected chi connectivity index (χ4v) is 3.21. The number of aliphatic imine (C=N–C) groups is 1. The highest BCUT2D eigenvalue weighted by atomic mass is 127. The van der Waals surface area contributed by atoms with E-state index in [0.29, 0.717) is 25.3 Å². The number of carbonyl (C=O) groups excluding carboxylic acids is 1. The van der Waals surface area contributed by atoms with Crippen molar-refractivity contribution in [3.8, 4) is 0 Å². The summed E-state index contributed by atoms with van der Waals surface area (Å²) in [5, 5.41) is 6.28. The van der Waals surface area contributed by atoms with Crippen molar-refractivity contribution in [2.75, 3.05) is 38.5 Å². The second kappa shape index (κ2) is 12.0. The maximum absolute atomic E-state index is 12.5. The molecule has 1 saturated heterocycles. The van der Waals surface area contributed by atoms with Crippen LogP contribution in [0.4, 0.5) is 19.0 Å².